The maximum absolute atomic E-state index is 14.2. The summed E-state index contributed by atoms with van der Waals surface area (Å²) in [5.74, 6) is -0.489. The van der Waals surface area contributed by atoms with Gasteiger partial charge in [-0.3, -0.25) is 14.5 Å². The number of rotatable bonds is 8. The Labute approximate surface area is 244 Å². The van der Waals surface area contributed by atoms with E-state index >= 15 is 0 Å². The lowest BCUT2D eigenvalue weighted by atomic mass is 9.89. The SMILES string of the molecule is CC(C)CCCC(C)NC(=O)c1ccccc1N1C(=O)[C@@H]2Cc3c([nH]c4ccccc34)C(c3ccc(F)cc3)N2C1=O. The minimum atomic E-state index is -0.773. The van der Waals surface area contributed by atoms with Gasteiger partial charge in [0.15, 0.2) is 0 Å². The van der Waals surface area contributed by atoms with Crippen molar-refractivity contribution in [2.24, 2.45) is 5.92 Å². The van der Waals surface area contributed by atoms with Crippen LogP contribution in [-0.2, 0) is 11.2 Å². The molecule has 7 nitrogen and oxygen atoms in total. The quantitative estimate of drug-likeness (QED) is 0.232. The number of hydrogen-bond donors (Lipinski definition) is 2. The Bertz CT molecular complexity index is 1660. The maximum atomic E-state index is 14.2. The average molecular weight is 567 g/mol. The summed E-state index contributed by atoms with van der Waals surface area (Å²) in [6.07, 6.45) is 3.26. The molecule has 4 amide bonds. The van der Waals surface area contributed by atoms with Gasteiger partial charge in [0, 0.05) is 29.1 Å². The Balaban J connectivity index is 1.36. The third kappa shape index (κ3) is 4.85. The predicted octanol–water partition coefficient (Wildman–Crippen LogP) is 6.73. The number of hydrogen-bond acceptors (Lipinski definition) is 3. The standard InChI is InChI=1S/C34H35FN4O3/c1-20(2)9-8-10-21(3)36-32(40)25-12-5-7-14-28(25)39-33(41)29-19-26-24-11-4-6-13-27(24)37-30(26)31(38(29)34(39)42)22-15-17-23(35)18-16-22/h4-7,11-18,20-21,29,31,37H,8-10,19H2,1-3H3,(H,36,40)/t21?,29-,31?/m0/s1. The fraction of sp³-hybridized carbons (Fsp3) is 0.324. The van der Waals surface area contributed by atoms with Crippen LogP contribution in [0, 0.1) is 11.7 Å². The molecule has 0 aliphatic carbocycles. The molecule has 2 unspecified atom stereocenters. The first-order chi connectivity index (χ1) is 20.2. The van der Waals surface area contributed by atoms with E-state index in [1.54, 1.807) is 41.3 Å². The van der Waals surface area contributed by atoms with Gasteiger partial charge in [-0.15, -0.1) is 0 Å². The zero-order valence-corrected chi connectivity index (χ0v) is 24.1. The number of carbonyl (C=O) groups is 3. The molecule has 2 N–H and O–H groups in total. The van der Waals surface area contributed by atoms with Gasteiger partial charge in [0.05, 0.1) is 11.3 Å². The third-order valence-corrected chi connectivity index (χ3v) is 8.42. The molecule has 0 bridgehead atoms. The molecule has 4 aromatic rings. The van der Waals surface area contributed by atoms with Crippen molar-refractivity contribution in [1.29, 1.82) is 0 Å². The van der Waals surface area contributed by atoms with Crippen molar-refractivity contribution in [2.45, 2.75) is 64.6 Å². The second-order valence-corrected chi connectivity index (χ2v) is 11.8. The molecule has 2 aliphatic rings. The molecule has 0 saturated carbocycles. The van der Waals surface area contributed by atoms with Gasteiger partial charge in [-0.05, 0) is 60.7 Å². The summed E-state index contributed by atoms with van der Waals surface area (Å²) >= 11 is 0. The average Bonchev–Trinajstić information content (AvgIpc) is 3.46. The number of amides is 4. The number of nitrogens with one attached hydrogen (secondary N) is 2. The highest BCUT2D eigenvalue weighted by molar-refractivity contribution is 6.24. The van der Waals surface area contributed by atoms with Crippen LogP contribution in [0.1, 0.15) is 73.3 Å². The molecule has 1 fully saturated rings. The number of H-pyrrole nitrogens is 1. The van der Waals surface area contributed by atoms with E-state index in [0.717, 1.165) is 46.3 Å². The summed E-state index contributed by atoms with van der Waals surface area (Å²) in [6, 6.07) is 18.7. The van der Waals surface area contributed by atoms with Gasteiger partial charge in [-0.2, -0.15) is 0 Å². The van der Waals surface area contributed by atoms with E-state index in [4.69, 9.17) is 0 Å². The van der Waals surface area contributed by atoms with E-state index in [0.29, 0.717) is 17.9 Å². The van der Waals surface area contributed by atoms with Crippen LogP contribution in [0.25, 0.3) is 10.9 Å². The maximum Gasteiger partial charge on any atom is 0.332 e. The van der Waals surface area contributed by atoms with Gasteiger partial charge >= 0.3 is 6.03 Å². The molecule has 3 atom stereocenters. The van der Waals surface area contributed by atoms with Crippen LogP contribution in [0.4, 0.5) is 14.9 Å². The van der Waals surface area contributed by atoms with Crippen LogP contribution in [0.3, 0.4) is 0 Å². The number of fused-ring (bicyclic) bond motifs is 4. The van der Waals surface area contributed by atoms with Crippen molar-refractivity contribution in [3.05, 3.63) is 101 Å². The fourth-order valence-corrected chi connectivity index (χ4v) is 6.35. The molecule has 0 radical (unpaired) electrons. The highest BCUT2D eigenvalue weighted by Gasteiger charge is 2.53. The molecule has 1 aromatic heterocycles. The van der Waals surface area contributed by atoms with Gasteiger partial charge in [0.2, 0.25) is 0 Å². The molecule has 2 aliphatic heterocycles. The molecular weight excluding hydrogens is 531 g/mol. The van der Waals surface area contributed by atoms with Gasteiger partial charge in [-0.1, -0.05) is 69.2 Å². The third-order valence-electron chi connectivity index (χ3n) is 8.42. The van der Waals surface area contributed by atoms with Crippen molar-refractivity contribution in [3.63, 3.8) is 0 Å². The summed E-state index contributed by atoms with van der Waals surface area (Å²) in [6.45, 7) is 6.33. The Morgan fingerprint density at radius 1 is 0.976 bits per heavy atom. The Morgan fingerprint density at radius 2 is 1.69 bits per heavy atom. The smallest absolute Gasteiger partial charge is 0.332 e. The lowest BCUT2D eigenvalue weighted by Gasteiger charge is -2.36. The van der Waals surface area contributed by atoms with E-state index in [1.807, 2.05) is 31.2 Å². The van der Waals surface area contributed by atoms with E-state index in [9.17, 15) is 18.8 Å². The van der Waals surface area contributed by atoms with Crippen molar-refractivity contribution in [2.75, 3.05) is 4.90 Å². The van der Waals surface area contributed by atoms with Crippen LogP contribution in [0.5, 0.6) is 0 Å². The van der Waals surface area contributed by atoms with E-state index < -0.39 is 18.1 Å². The first-order valence-corrected chi connectivity index (χ1v) is 14.7. The second kappa shape index (κ2) is 11.1. The summed E-state index contributed by atoms with van der Waals surface area (Å²) in [4.78, 5) is 48.0. The van der Waals surface area contributed by atoms with E-state index in [1.165, 1.54) is 12.1 Å². The molecular formula is C34H35FN4O3. The minimum absolute atomic E-state index is 0.0539. The fourth-order valence-electron chi connectivity index (χ4n) is 6.35. The number of imide groups is 1. The van der Waals surface area contributed by atoms with Crippen LogP contribution in [0.2, 0.25) is 0 Å². The normalized spacial score (nSPS) is 18.9. The van der Waals surface area contributed by atoms with E-state index in [-0.39, 0.29) is 34.9 Å². The second-order valence-electron chi connectivity index (χ2n) is 11.8. The van der Waals surface area contributed by atoms with Gasteiger partial charge < -0.3 is 10.3 Å². The molecule has 0 spiro atoms. The van der Waals surface area contributed by atoms with Crippen LogP contribution < -0.4 is 10.2 Å². The predicted molar refractivity (Wildman–Crippen MR) is 161 cm³/mol. The zero-order valence-electron chi connectivity index (χ0n) is 24.1. The van der Waals surface area contributed by atoms with Gasteiger partial charge in [0.1, 0.15) is 17.9 Å². The summed E-state index contributed by atoms with van der Waals surface area (Å²) in [7, 11) is 0. The number of nitrogens with zero attached hydrogens (tertiary/aromatic N) is 2. The monoisotopic (exact) mass is 566 g/mol. The van der Waals surface area contributed by atoms with Crippen molar-refractivity contribution in [3.8, 4) is 0 Å². The number of urea groups is 1. The number of anilines is 1. The molecule has 1 saturated heterocycles. The molecule has 8 heteroatoms. The summed E-state index contributed by atoms with van der Waals surface area (Å²) < 4.78 is 13.9. The largest absolute Gasteiger partial charge is 0.356 e. The minimum Gasteiger partial charge on any atom is -0.356 e. The van der Waals surface area contributed by atoms with Crippen molar-refractivity contribution in [1.82, 2.24) is 15.2 Å². The number of aromatic nitrogens is 1. The number of benzene rings is 3. The van der Waals surface area contributed by atoms with Gasteiger partial charge in [-0.25, -0.2) is 14.1 Å². The molecule has 6 rings (SSSR count). The topological polar surface area (TPSA) is 85.5 Å². The number of halogens is 1. The lowest BCUT2D eigenvalue weighted by Crippen LogP contribution is -2.44. The number of para-hydroxylation sites is 2. The summed E-state index contributed by atoms with van der Waals surface area (Å²) in [5, 5.41) is 4.04. The lowest BCUT2D eigenvalue weighted by molar-refractivity contribution is -0.120. The first kappa shape index (κ1) is 27.7. The Kier molecular flexibility index (Phi) is 7.31. The highest BCUT2D eigenvalue weighted by atomic mass is 19.1. The van der Waals surface area contributed by atoms with Gasteiger partial charge in [0.25, 0.3) is 11.8 Å². The van der Waals surface area contributed by atoms with Crippen molar-refractivity contribution < 1.29 is 18.8 Å². The van der Waals surface area contributed by atoms with E-state index in [2.05, 4.69) is 24.1 Å². The molecule has 3 heterocycles. The van der Waals surface area contributed by atoms with Crippen molar-refractivity contribution >= 4 is 34.4 Å². The highest BCUT2D eigenvalue weighted by Crippen LogP contribution is 2.45. The summed E-state index contributed by atoms with van der Waals surface area (Å²) in [5.41, 5.74) is 3.92. The Morgan fingerprint density at radius 3 is 2.45 bits per heavy atom. The number of carbonyl (C=O) groups excluding carboxylic acids is 3. The molecule has 3 aromatic carbocycles. The van der Waals surface area contributed by atoms with Crippen LogP contribution in [0.15, 0.2) is 72.8 Å². The zero-order chi connectivity index (χ0) is 29.5. The molecule has 216 valence electrons. The Hall–Kier alpha value is -4.46. The molecule has 42 heavy (non-hydrogen) atoms. The number of aromatic amines is 1. The van der Waals surface area contributed by atoms with Crippen LogP contribution >= 0.6 is 0 Å². The first-order valence-electron chi connectivity index (χ1n) is 14.7. The van der Waals surface area contributed by atoms with Crippen LogP contribution in [-0.4, -0.2) is 39.8 Å².